The summed E-state index contributed by atoms with van der Waals surface area (Å²) in [5.74, 6) is 1.87. The van der Waals surface area contributed by atoms with E-state index in [1.54, 1.807) is 7.11 Å². The summed E-state index contributed by atoms with van der Waals surface area (Å²) in [6, 6.07) is 12.0. The van der Waals surface area contributed by atoms with Gasteiger partial charge in [-0.1, -0.05) is 18.2 Å². The topological polar surface area (TPSA) is 39.4 Å². The van der Waals surface area contributed by atoms with Crippen LogP contribution in [0.4, 0.5) is 0 Å². The summed E-state index contributed by atoms with van der Waals surface area (Å²) in [7, 11) is 1.70. The first kappa shape index (κ1) is 13.1. The fraction of sp³-hybridized carbons (Fsp3) is 0.200. The molecule has 2 aromatic heterocycles. The SMILES string of the molecule is COc1ccccc1CCc1nnc2c(Br)cccn12. The van der Waals surface area contributed by atoms with E-state index in [0.717, 1.165) is 34.5 Å². The fourth-order valence-electron chi connectivity index (χ4n) is 2.26. The average Bonchev–Trinajstić information content (AvgIpc) is 2.90. The third-order valence-electron chi connectivity index (χ3n) is 3.27. The number of para-hydroxylation sites is 1. The van der Waals surface area contributed by atoms with Crippen molar-refractivity contribution in [2.75, 3.05) is 7.11 Å². The number of fused-ring (bicyclic) bond motifs is 1. The Kier molecular flexibility index (Phi) is 3.69. The van der Waals surface area contributed by atoms with Gasteiger partial charge in [0.15, 0.2) is 5.65 Å². The highest BCUT2D eigenvalue weighted by molar-refractivity contribution is 9.10. The van der Waals surface area contributed by atoms with Crippen molar-refractivity contribution in [3.63, 3.8) is 0 Å². The first-order chi connectivity index (χ1) is 9.79. The zero-order valence-corrected chi connectivity index (χ0v) is 12.7. The van der Waals surface area contributed by atoms with Gasteiger partial charge in [-0.2, -0.15) is 0 Å². The Morgan fingerprint density at radius 2 is 1.95 bits per heavy atom. The molecule has 0 amide bonds. The molecule has 0 bridgehead atoms. The van der Waals surface area contributed by atoms with Crippen molar-refractivity contribution in [3.8, 4) is 5.75 Å². The quantitative estimate of drug-likeness (QED) is 0.736. The Hall–Kier alpha value is -1.88. The zero-order valence-electron chi connectivity index (χ0n) is 11.1. The van der Waals surface area contributed by atoms with Crippen LogP contribution in [0.25, 0.3) is 5.65 Å². The van der Waals surface area contributed by atoms with Gasteiger partial charge in [0, 0.05) is 12.6 Å². The fourth-order valence-corrected chi connectivity index (χ4v) is 2.68. The molecule has 0 radical (unpaired) electrons. The minimum Gasteiger partial charge on any atom is -0.496 e. The molecule has 0 fully saturated rings. The van der Waals surface area contributed by atoms with Gasteiger partial charge in [0.2, 0.25) is 0 Å². The molecule has 0 saturated carbocycles. The summed E-state index contributed by atoms with van der Waals surface area (Å²) >= 11 is 3.49. The molecule has 20 heavy (non-hydrogen) atoms. The normalized spacial score (nSPS) is 10.9. The second kappa shape index (κ2) is 5.63. The number of hydrogen-bond acceptors (Lipinski definition) is 3. The van der Waals surface area contributed by atoms with Crippen molar-refractivity contribution >= 4 is 21.6 Å². The van der Waals surface area contributed by atoms with E-state index in [2.05, 4.69) is 32.2 Å². The molecular formula is C15H14BrN3O. The van der Waals surface area contributed by atoms with Crippen LogP contribution >= 0.6 is 15.9 Å². The highest BCUT2D eigenvalue weighted by atomic mass is 79.9. The van der Waals surface area contributed by atoms with Gasteiger partial charge in [-0.3, -0.25) is 4.40 Å². The Balaban J connectivity index is 1.85. The van der Waals surface area contributed by atoms with E-state index in [1.807, 2.05) is 40.9 Å². The van der Waals surface area contributed by atoms with Gasteiger partial charge >= 0.3 is 0 Å². The van der Waals surface area contributed by atoms with Gasteiger partial charge in [0.05, 0.1) is 11.6 Å². The summed E-state index contributed by atoms with van der Waals surface area (Å²) in [6.07, 6.45) is 3.67. The maximum Gasteiger partial charge on any atom is 0.175 e. The van der Waals surface area contributed by atoms with Crippen LogP contribution in [0.15, 0.2) is 47.1 Å². The maximum absolute atomic E-state index is 5.37. The van der Waals surface area contributed by atoms with Crippen LogP contribution in [0.3, 0.4) is 0 Å². The van der Waals surface area contributed by atoms with Crippen LogP contribution in [0.2, 0.25) is 0 Å². The first-order valence-corrected chi connectivity index (χ1v) is 7.19. The zero-order chi connectivity index (χ0) is 13.9. The van der Waals surface area contributed by atoms with E-state index in [-0.39, 0.29) is 0 Å². The Morgan fingerprint density at radius 1 is 1.10 bits per heavy atom. The second-order valence-electron chi connectivity index (χ2n) is 4.48. The van der Waals surface area contributed by atoms with Crippen molar-refractivity contribution in [3.05, 3.63) is 58.5 Å². The van der Waals surface area contributed by atoms with Crippen LogP contribution in [-0.2, 0) is 12.8 Å². The summed E-state index contributed by atoms with van der Waals surface area (Å²) in [6.45, 7) is 0. The van der Waals surface area contributed by atoms with Gasteiger partial charge in [-0.15, -0.1) is 10.2 Å². The Labute approximate surface area is 125 Å². The molecule has 0 aliphatic heterocycles. The molecule has 0 spiro atoms. The lowest BCUT2D eigenvalue weighted by Gasteiger charge is -2.07. The summed E-state index contributed by atoms with van der Waals surface area (Å²) in [4.78, 5) is 0. The average molecular weight is 332 g/mol. The molecule has 102 valence electrons. The van der Waals surface area contributed by atoms with E-state index in [1.165, 1.54) is 5.56 Å². The maximum atomic E-state index is 5.37. The van der Waals surface area contributed by atoms with E-state index in [9.17, 15) is 0 Å². The van der Waals surface area contributed by atoms with Crippen LogP contribution < -0.4 is 4.74 Å². The minimum absolute atomic E-state index is 0.817. The molecular weight excluding hydrogens is 318 g/mol. The number of methoxy groups -OCH3 is 1. The van der Waals surface area contributed by atoms with E-state index >= 15 is 0 Å². The number of pyridine rings is 1. The molecule has 3 rings (SSSR count). The van der Waals surface area contributed by atoms with Gasteiger partial charge in [0.1, 0.15) is 11.6 Å². The Morgan fingerprint density at radius 3 is 2.80 bits per heavy atom. The van der Waals surface area contributed by atoms with Crippen molar-refractivity contribution in [2.45, 2.75) is 12.8 Å². The third kappa shape index (κ3) is 2.41. The predicted octanol–water partition coefficient (Wildman–Crippen LogP) is 3.29. The lowest BCUT2D eigenvalue weighted by atomic mass is 10.1. The van der Waals surface area contributed by atoms with Crippen LogP contribution in [0, 0.1) is 0 Å². The second-order valence-corrected chi connectivity index (χ2v) is 5.33. The van der Waals surface area contributed by atoms with Crippen molar-refractivity contribution in [2.24, 2.45) is 0 Å². The van der Waals surface area contributed by atoms with Gasteiger partial charge in [-0.25, -0.2) is 0 Å². The predicted molar refractivity (Wildman–Crippen MR) is 81.1 cm³/mol. The van der Waals surface area contributed by atoms with Gasteiger partial charge in [-0.05, 0) is 46.1 Å². The summed E-state index contributed by atoms with van der Waals surface area (Å²) in [5, 5.41) is 8.48. The molecule has 0 N–H and O–H groups in total. The first-order valence-electron chi connectivity index (χ1n) is 6.39. The number of hydrogen-bond donors (Lipinski definition) is 0. The minimum atomic E-state index is 0.817. The molecule has 0 unspecified atom stereocenters. The van der Waals surface area contributed by atoms with E-state index in [0.29, 0.717) is 0 Å². The van der Waals surface area contributed by atoms with Crippen LogP contribution in [-0.4, -0.2) is 21.7 Å². The van der Waals surface area contributed by atoms with Gasteiger partial charge in [0.25, 0.3) is 0 Å². The number of ether oxygens (including phenoxy) is 1. The molecule has 0 atom stereocenters. The highest BCUT2D eigenvalue weighted by Crippen LogP contribution is 2.20. The summed E-state index contributed by atoms with van der Waals surface area (Å²) < 4.78 is 8.34. The van der Waals surface area contributed by atoms with Gasteiger partial charge < -0.3 is 4.74 Å². The van der Waals surface area contributed by atoms with E-state index < -0.39 is 0 Å². The Bertz CT molecular complexity index is 739. The van der Waals surface area contributed by atoms with Crippen LogP contribution in [0.5, 0.6) is 5.75 Å². The lowest BCUT2D eigenvalue weighted by molar-refractivity contribution is 0.409. The lowest BCUT2D eigenvalue weighted by Crippen LogP contribution is -1.99. The molecule has 0 saturated heterocycles. The highest BCUT2D eigenvalue weighted by Gasteiger charge is 2.09. The number of nitrogens with zero attached hydrogens (tertiary/aromatic N) is 3. The molecule has 4 nitrogen and oxygen atoms in total. The number of aryl methyl sites for hydroxylation is 2. The molecule has 0 aliphatic carbocycles. The number of rotatable bonds is 4. The van der Waals surface area contributed by atoms with Crippen molar-refractivity contribution in [1.29, 1.82) is 0 Å². The van der Waals surface area contributed by atoms with E-state index in [4.69, 9.17) is 4.74 Å². The molecule has 1 aromatic carbocycles. The summed E-state index contributed by atoms with van der Waals surface area (Å²) in [5.41, 5.74) is 2.03. The van der Waals surface area contributed by atoms with Crippen molar-refractivity contribution in [1.82, 2.24) is 14.6 Å². The molecule has 3 aromatic rings. The molecule has 2 heterocycles. The number of aromatic nitrogens is 3. The monoisotopic (exact) mass is 331 g/mol. The molecule has 0 aliphatic rings. The van der Waals surface area contributed by atoms with Crippen LogP contribution in [0.1, 0.15) is 11.4 Å². The smallest absolute Gasteiger partial charge is 0.175 e. The third-order valence-corrected chi connectivity index (χ3v) is 3.89. The molecule has 5 heteroatoms. The largest absolute Gasteiger partial charge is 0.496 e. The van der Waals surface area contributed by atoms with Crippen molar-refractivity contribution < 1.29 is 4.74 Å². The number of benzene rings is 1. The number of halogens is 1. The standard InChI is InChI=1S/C15H14BrN3O/c1-20-13-7-3-2-5-11(13)8-9-14-17-18-15-12(16)6-4-10-19(14)15/h2-7,10H,8-9H2,1H3.